The molecule has 0 unspecified atom stereocenters. The molecule has 0 amide bonds. The minimum Gasteiger partial charge on any atom is -0.462 e. The summed E-state index contributed by atoms with van der Waals surface area (Å²) in [5.74, 6) is 0. The van der Waals surface area contributed by atoms with E-state index in [1.807, 2.05) is 54.6 Å². The average Bonchev–Trinajstić information content (AvgIpc) is 3.13. The van der Waals surface area contributed by atoms with Gasteiger partial charge in [-0.2, -0.15) is 0 Å². The highest BCUT2D eigenvalue weighted by atomic mass is 35.5. The largest absolute Gasteiger partial charge is 0.462 e. The minimum atomic E-state index is 0.503. The highest BCUT2D eigenvalue weighted by molar-refractivity contribution is 6.44. The van der Waals surface area contributed by atoms with Gasteiger partial charge in [0.1, 0.15) is 11.8 Å². The van der Waals surface area contributed by atoms with Crippen molar-refractivity contribution >= 4 is 62.0 Å². The molecule has 0 bridgehead atoms. The van der Waals surface area contributed by atoms with Gasteiger partial charge in [-0.05, 0) is 47.2 Å². The zero-order valence-corrected chi connectivity index (χ0v) is 16.3. The van der Waals surface area contributed by atoms with Crippen LogP contribution in [0.25, 0.3) is 21.7 Å². The lowest BCUT2D eigenvalue weighted by Gasteiger charge is -2.25. The molecule has 28 heavy (non-hydrogen) atoms. The smallest absolute Gasteiger partial charge is 0.136 e. The zero-order valence-electron chi connectivity index (χ0n) is 14.8. The van der Waals surface area contributed by atoms with Gasteiger partial charge in [0.05, 0.1) is 21.4 Å². The van der Waals surface area contributed by atoms with E-state index in [1.165, 1.54) is 0 Å². The fourth-order valence-electron chi connectivity index (χ4n) is 3.52. The zero-order chi connectivity index (χ0) is 19.1. The van der Waals surface area contributed by atoms with Crippen LogP contribution >= 0.6 is 23.2 Å². The maximum atomic E-state index is 6.60. The van der Waals surface area contributed by atoms with Crippen LogP contribution in [0, 0.1) is 0 Å². The van der Waals surface area contributed by atoms with Crippen molar-refractivity contribution in [3.05, 3.63) is 101 Å². The Morgan fingerprint density at radius 2 is 1.39 bits per heavy atom. The molecular formula is C24H15Cl2NO. The third-order valence-electron chi connectivity index (χ3n) is 4.85. The fraction of sp³-hybridized carbons (Fsp3) is 0. The molecule has 2 nitrogen and oxygen atoms in total. The molecule has 0 atom stereocenters. The first kappa shape index (κ1) is 17.2. The number of fused-ring (bicyclic) bond motifs is 2. The Balaban J connectivity index is 1.80. The minimum absolute atomic E-state index is 0.503. The average molecular weight is 404 g/mol. The third-order valence-corrected chi connectivity index (χ3v) is 5.66. The first-order chi connectivity index (χ1) is 13.7. The van der Waals surface area contributed by atoms with Gasteiger partial charge in [-0.1, -0.05) is 71.7 Å². The molecule has 5 rings (SSSR count). The second kappa shape index (κ2) is 6.90. The standard InChI is InChI=1S/C24H15Cl2NO/c25-20-11-6-12-21(24(20)26)27(18-9-2-1-3-10-18)22-15-28-23-14-17-8-5-4-7-16(17)13-19(22)23/h1-15H. The van der Waals surface area contributed by atoms with E-state index < -0.39 is 0 Å². The number of nitrogens with zero attached hydrogens (tertiary/aromatic N) is 1. The van der Waals surface area contributed by atoms with E-state index in [0.29, 0.717) is 10.0 Å². The maximum absolute atomic E-state index is 6.60. The SMILES string of the molecule is Clc1cccc(N(c2ccccc2)c2coc3cc4ccccc4cc23)c1Cl. The van der Waals surface area contributed by atoms with Crippen molar-refractivity contribution < 1.29 is 4.42 Å². The quantitative estimate of drug-likeness (QED) is 0.300. The Kier molecular flexibility index (Phi) is 4.23. The summed E-state index contributed by atoms with van der Waals surface area (Å²) in [6.45, 7) is 0. The number of furan rings is 1. The molecule has 0 saturated heterocycles. The second-order valence-corrected chi connectivity index (χ2v) is 7.35. The highest BCUT2D eigenvalue weighted by Crippen LogP contribution is 2.44. The summed E-state index contributed by atoms with van der Waals surface area (Å²) in [6.07, 6.45) is 1.77. The predicted octanol–water partition coefficient (Wildman–Crippen LogP) is 8.36. The van der Waals surface area contributed by atoms with Crippen LogP contribution in [0.3, 0.4) is 0 Å². The normalized spacial score (nSPS) is 11.2. The van der Waals surface area contributed by atoms with Crippen molar-refractivity contribution in [3.63, 3.8) is 0 Å². The second-order valence-electron chi connectivity index (χ2n) is 6.56. The molecule has 1 aromatic heterocycles. The van der Waals surface area contributed by atoms with Crippen LogP contribution in [-0.2, 0) is 0 Å². The van der Waals surface area contributed by atoms with Crippen molar-refractivity contribution in [2.75, 3.05) is 4.90 Å². The summed E-state index contributed by atoms with van der Waals surface area (Å²) in [6, 6.07) is 28.2. The number of anilines is 3. The Hall–Kier alpha value is -2.94. The summed E-state index contributed by atoms with van der Waals surface area (Å²) in [4.78, 5) is 2.08. The molecule has 0 saturated carbocycles. The molecule has 0 aliphatic carbocycles. The van der Waals surface area contributed by atoms with Gasteiger partial charge >= 0.3 is 0 Å². The molecule has 0 fully saturated rings. The van der Waals surface area contributed by atoms with Crippen molar-refractivity contribution in [3.8, 4) is 0 Å². The lowest BCUT2D eigenvalue weighted by atomic mass is 10.1. The predicted molar refractivity (Wildman–Crippen MR) is 118 cm³/mol. The van der Waals surface area contributed by atoms with Crippen molar-refractivity contribution in [2.45, 2.75) is 0 Å². The first-order valence-corrected chi connectivity index (χ1v) is 9.67. The van der Waals surface area contributed by atoms with Crippen LogP contribution in [0.2, 0.25) is 10.0 Å². The fourth-order valence-corrected chi connectivity index (χ4v) is 3.90. The van der Waals surface area contributed by atoms with Crippen LogP contribution in [0.15, 0.2) is 95.6 Å². The Labute approximate surface area is 172 Å². The molecule has 5 aromatic rings. The first-order valence-electron chi connectivity index (χ1n) is 8.91. The lowest BCUT2D eigenvalue weighted by Crippen LogP contribution is -2.10. The Morgan fingerprint density at radius 1 is 0.679 bits per heavy atom. The van der Waals surface area contributed by atoms with E-state index >= 15 is 0 Å². The van der Waals surface area contributed by atoms with Crippen LogP contribution in [0.4, 0.5) is 17.1 Å². The molecule has 0 aliphatic heterocycles. The monoisotopic (exact) mass is 403 g/mol. The number of hydrogen-bond donors (Lipinski definition) is 0. The summed E-state index contributed by atoms with van der Waals surface area (Å²) < 4.78 is 5.93. The van der Waals surface area contributed by atoms with Crippen molar-refractivity contribution in [2.24, 2.45) is 0 Å². The van der Waals surface area contributed by atoms with E-state index in [9.17, 15) is 0 Å². The number of halogens is 2. The summed E-state index contributed by atoms with van der Waals surface area (Å²) >= 11 is 12.9. The highest BCUT2D eigenvalue weighted by Gasteiger charge is 2.21. The molecule has 0 aliphatic rings. The molecule has 0 radical (unpaired) electrons. The van der Waals surface area contributed by atoms with Crippen molar-refractivity contribution in [1.29, 1.82) is 0 Å². The molecule has 136 valence electrons. The van der Waals surface area contributed by atoms with Crippen molar-refractivity contribution in [1.82, 2.24) is 0 Å². The van der Waals surface area contributed by atoms with Gasteiger partial charge in [0, 0.05) is 11.1 Å². The van der Waals surface area contributed by atoms with Gasteiger partial charge in [0.15, 0.2) is 0 Å². The molecule has 0 N–H and O–H groups in total. The number of benzene rings is 4. The van der Waals surface area contributed by atoms with E-state index in [-0.39, 0.29) is 0 Å². The third kappa shape index (κ3) is 2.82. The number of para-hydroxylation sites is 1. The topological polar surface area (TPSA) is 16.4 Å². The Morgan fingerprint density at radius 3 is 2.18 bits per heavy atom. The van der Waals surface area contributed by atoms with Gasteiger partial charge in [-0.3, -0.25) is 0 Å². The van der Waals surface area contributed by atoms with E-state index in [1.54, 1.807) is 12.3 Å². The number of hydrogen-bond acceptors (Lipinski definition) is 2. The Bertz CT molecular complexity index is 1290. The summed E-state index contributed by atoms with van der Waals surface area (Å²) in [7, 11) is 0. The molecule has 4 aromatic carbocycles. The molecular weight excluding hydrogens is 389 g/mol. The van der Waals surface area contributed by atoms with Crippen LogP contribution in [0.1, 0.15) is 0 Å². The summed E-state index contributed by atoms with van der Waals surface area (Å²) in [5.41, 5.74) is 3.52. The van der Waals surface area contributed by atoms with Gasteiger partial charge < -0.3 is 9.32 Å². The van der Waals surface area contributed by atoms with Gasteiger partial charge in [-0.25, -0.2) is 0 Å². The molecule has 4 heteroatoms. The summed E-state index contributed by atoms with van der Waals surface area (Å²) in [5, 5.41) is 4.32. The van der Waals surface area contributed by atoms with Crippen LogP contribution in [-0.4, -0.2) is 0 Å². The van der Waals surface area contributed by atoms with E-state index in [0.717, 1.165) is 38.8 Å². The van der Waals surface area contributed by atoms with Gasteiger partial charge in [0.2, 0.25) is 0 Å². The van der Waals surface area contributed by atoms with Crippen LogP contribution < -0.4 is 4.90 Å². The van der Waals surface area contributed by atoms with Crippen LogP contribution in [0.5, 0.6) is 0 Å². The maximum Gasteiger partial charge on any atom is 0.136 e. The van der Waals surface area contributed by atoms with Gasteiger partial charge in [0.25, 0.3) is 0 Å². The molecule has 1 heterocycles. The number of rotatable bonds is 3. The van der Waals surface area contributed by atoms with E-state index in [2.05, 4.69) is 29.2 Å². The van der Waals surface area contributed by atoms with E-state index in [4.69, 9.17) is 27.6 Å². The van der Waals surface area contributed by atoms with Gasteiger partial charge in [-0.15, -0.1) is 0 Å². The lowest BCUT2D eigenvalue weighted by molar-refractivity contribution is 0.616. The molecule has 0 spiro atoms.